The second kappa shape index (κ2) is 5.95. The molecule has 0 atom stereocenters. The molecule has 1 aliphatic heterocycles. The third-order valence-electron chi connectivity index (χ3n) is 2.14. The lowest BCUT2D eigenvalue weighted by Crippen LogP contribution is -2.15. The Kier molecular flexibility index (Phi) is 4.58. The van der Waals surface area contributed by atoms with Crippen LogP contribution < -0.4 is 5.73 Å². The number of nitrogens with zero attached hydrogens (tertiary/aromatic N) is 2. The van der Waals surface area contributed by atoms with Gasteiger partial charge in [-0.3, -0.25) is 4.99 Å². The second-order valence-corrected chi connectivity index (χ2v) is 3.42. The van der Waals surface area contributed by atoms with Crippen molar-refractivity contribution in [2.75, 3.05) is 19.5 Å². The van der Waals surface area contributed by atoms with E-state index in [4.69, 9.17) is 5.73 Å². The first-order valence-corrected chi connectivity index (χ1v) is 5.53. The molecule has 2 rings (SSSR count). The number of nitrogen functional groups attached to an aromatic ring is 1. The van der Waals surface area contributed by atoms with E-state index in [0.717, 1.165) is 23.5 Å². The summed E-state index contributed by atoms with van der Waals surface area (Å²) in [5, 5.41) is 0. The maximum absolute atomic E-state index is 5.62. The van der Waals surface area contributed by atoms with Crippen molar-refractivity contribution in [1.82, 2.24) is 4.90 Å². The summed E-state index contributed by atoms with van der Waals surface area (Å²) in [6, 6.07) is 7.82. The highest BCUT2D eigenvalue weighted by atomic mass is 15.2. The predicted molar refractivity (Wildman–Crippen MR) is 73.4 cm³/mol. The summed E-state index contributed by atoms with van der Waals surface area (Å²) in [5.74, 6) is 0. The van der Waals surface area contributed by atoms with Gasteiger partial charge in [0.1, 0.15) is 6.67 Å². The number of allylic oxidation sites excluding steroid dienone is 1. The van der Waals surface area contributed by atoms with Crippen LogP contribution in [0, 0.1) is 0 Å². The molecule has 0 amide bonds. The highest BCUT2D eigenvalue weighted by Crippen LogP contribution is 2.16. The van der Waals surface area contributed by atoms with E-state index in [1.54, 1.807) is 0 Å². The van der Waals surface area contributed by atoms with E-state index in [1.807, 2.05) is 56.3 Å². The monoisotopic (exact) mass is 219 g/mol. The van der Waals surface area contributed by atoms with Crippen LogP contribution in [0.15, 0.2) is 35.5 Å². The van der Waals surface area contributed by atoms with Gasteiger partial charge in [-0.2, -0.15) is 0 Å². The molecule has 88 valence electrons. The molecule has 0 aliphatic carbocycles. The van der Waals surface area contributed by atoms with Crippen LogP contribution in [0.4, 0.5) is 5.69 Å². The molecule has 0 bridgehead atoms. The fraction of sp³-hybridized carbons (Fsp3) is 0.308. The van der Waals surface area contributed by atoms with E-state index in [-0.39, 0.29) is 1.43 Å². The zero-order valence-corrected chi connectivity index (χ0v) is 10.1. The summed E-state index contributed by atoms with van der Waals surface area (Å²) in [4.78, 5) is 6.29. The normalized spacial score (nSPS) is 13.9. The highest BCUT2D eigenvalue weighted by molar-refractivity contribution is 6.10. The van der Waals surface area contributed by atoms with Gasteiger partial charge in [-0.15, -0.1) is 0 Å². The van der Waals surface area contributed by atoms with Gasteiger partial charge in [0.05, 0.1) is 0 Å². The third-order valence-corrected chi connectivity index (χ3v) is 2.14. The molecule has 16 heavy (non-hydrogen) atoms. The SMILES string of the molecule is CC.CN1C=C(c2ccc(N)cc2)C=NC1.[HH]. The quantitative estimate of drug-likeness (QED) is 0.738. The van der Waals surface area contributed by atoms with Gasteiger partial charge in [-0.1, -0.05) is 26.0 Å². The molecule has 1 heterocycles. The standard InChI is InChI=1S/C11H13N3.C2H6.H2/c1-14-7-10(6-13-8-14)9-2-4-11(12)5-3-9;1-2;/h2-7H,8,12H2,1H3;1-2H3;1H. The number of nitrogens with two attached hydrogens (primary N) is 1. The van der Waals surface area contributed by atoms with Crippen molar-refractivity contribution in [3.63, 3.8) is 0 Å². The first kappa shape index (κ1) is 12.3. The van der Waals surface area contributed by atoms with Gasteiger partial charge in [0.15, 0.2) is 0 Å². The number of aliphatic imine (C=N–C) groups is 1. The maximum atomic E-state index is 5.62. The minimum absolute atomic E-state index is 0. The molecule has 0 saturated carbocycles. The smallest absolute Gasteiger partial charge is 0.109 e. The molecule has 0 fully saturated rings. The van der Waals surface area contributed by atoms with Crippen molar-refractivity contribution in [1.29, 1.82) is 0 Å². The number of anilines is 1. The summed E-state index contributed by atoms with van der Waals surface area (Å²) in [6.45, 7) is 4.73. The van der Waals surface area contributed by atoms with Gasteiger partial charge in [-0.25, -0.2) is 0 Å². The van der Waals surface area contributed by atoms with Gasteiger partial charge < -0.3 is 10.6 Å². The van der Waals surface area contributed by atoms with Crippen molar-refractivity contribution >= 4 is 17.5 Å². The summed E-state index contributed by atoms with van der Waals surface area (Å²) in [6.07, 6.45) is 3.98. The van der Waals surface area contributed by atoms with Gasteiger partial charge in [0, 0.05) is 32.1 Å². The van der Waals surface area contributed by atoms with Crippen LogP contribution in [0.3, 0.4) is 0 Å². The number of benzene rings is 1. The fourth-order valence-corrected chi connectivity index (χ4v) is 1.40. The maximum Gasteiger partial charge on any atom is 0.109 e. The van der Waals surface area contributed by atoms with Crippen molar-refractivity contribution in [2.45, 2.75) is 13.8 Å². The zero-order chi connectivity index (χ0) is 12.0. The molecule has 3 heteroatoms. The topological polar surface area (TPSA) is 41.6 Å². The van der Waals surface area contributed by atoms with Crippen LogP contribution in [0.5, 0.6) is 0 Å². The Morgan fingerprint density at radius 1 is 1.25 bits per heavy atom. The predicted octanol–water partition coefficient (Wildman–Crippen LogP) is 2.86. The zero-order valence-electron chi connectivity index (χ0n) is 10.1. The van der Waals surface area contributed by atoms with Crippen LogP contribution in [0.2, 0.25) is 0 Å². The first-order chi connectivity index (χ1) is 7.75. The molecule has 1 aromatic rings. The molecule has 0 aromatic heterocycles. The molecule has 0 radical (unpaired) electrons. The van der Waals surface area contributed by atoms with Gasteiger partial charge in [0.2, 0.25) is 0 Å². The van der Waals surface area contributed by atoms with Crippen LogP contribution in [0.25, 0.3) is 5.57 Å². The highest BCUT2D eigenvalue weighted by Gasteiger charge is 2.03. The first-order valence-electron chi connectivity index (χ1n) is 5.53. The largest absolute Gasteiger partial charge is 0.399 e. The molecule has 3 nitrogen and oxygen atoms in total. The Labute approximate surface area is 98.8 Å². The van der Waals surface area contributed by atoms with Gasteiger partial charge in [-0.05, 0) is 17.7 Å². The van der Waals surface area contributed by atoms with Crippen LogP contribution in [-0.4, -0.2) is 24.8 Å². The molecular weight excluding hydrogens is 198 g/mol. The van der Waals surface area contributed by atoms with Crippen molar-refractivity contribution in [2.24, 2.45) is 4.99 Å². The number of hydrogen-bond acceptors (Lipinski definition) is 3. The summed E-state index contributed by atoms with van der Waals surface area (Å²) in [5.41, 5.74) is 8.68. The Morgan fingerprint density at radius 2 is 1.88 bits per heavy atom. The molecule has 1 aliphatic rings. The number of hydrogen-bond donors (Lipinski definition) is 1. The van der Waals surface area contributed by atoms with E-state index in [2.05, 4.69) is 11.2 Å². The Morgan fingerprint density at radius 3 is 2.44 bits per heavy atom. The van der Waals surface area contributed by atoms with Gasteiger partial charge in [0.25, 0.3) is 0 Å². The van der Waals surface area contributed by atoms with Gasteiger partial charge >= 0.3 is 0 Å². The van der Waals surface area contributed by atoms with Crippen LogP contribution >= 0.6 is 0 Å². The number of rotatable bonds is 1. The molecule has 2 N–H and O–H groups in total. The summed E-state index contributed by atoms with van der Waals surface area (Å²) >= 11 is 0. The van der Waals surface area contributed by atoms with E-state index in [1.165, 1.54) is 0 Å². The average Bonchev–Trinajstić information content (AvgIpc) is 2.32. The minimum Gasteiger partial charge on any atom is -0.399 e. The molecular formula is C13H21N3. The van der Waals surface area contributed by atoms with E-state index in [0.29, 0.717) is 0 Å². The lowest BCUT2D eigenvalue weighted by molar-refractivity contribution is 0.472. The average molecular weight is 219 g/mol. The third kappa shape index (κ3) is 3.12. The van der Waals surface area contributed by atoms with E-state index in [9.17, 15) is 0 Å². The lowest BCUT2D eigenvalue weighted by Gasteiger charge is -2.17. The van der Waals surface area contributed by atoms with Crippen LogP contribution in [0.1, 0.15) is 20.8 Å². The minimum atomic E-state index is 0. The Balaban J connectivity index is 0.000000811. The molecule has 0 spiro atoms. The van der Waals surface area contributed by atoms with Crippen molar-refractivity contribution in [3.05, 3.63) is 36.0 Å². The van der Waals surface area contributed by atoms with E-state index >= 15 is 0 Å². The second-order valence-electron chi connectivity index (χ2n) is 3.42. The molecule has 0 unspecified atom stereocenters. The fourth-order valence-electron chi connectivity index (χ4n) is 1.40. The van der Waals surface area contributed by atoms with E-state index < -0.39 is 0 Å². The Bertz CT molecular complexity index is 382. The lowest BCUT2D eigenvalue weighted by atomic mass is 10.1. The van der Waals surface area contributed by atoms with Crippen molar-refractivity contribution in [3.8, 4) is 0 Å². The summed E-state index contributed by atoms with van der Waals surface area (Å²) in [7, 11) is 2.01. The Hall–Kier alpha value is -1.77. The van der Waals surface area contributed by atoms with Crippen LogP contribution in [-0.2, 0) is 0 Å². The van der Waals surface area contributed by atoms with Crippen molar-refractivity contribution < 1.29 is 1.43 Å². The molecule has 0 saturated heterocycles. The molecule has 1 aromatic carbocycles. The summed E-state index contributed by atoms with van der Waals surface area (Å²) < 4.78 is 0.